The van der Waals surface area contributed by atoms with Gasteiger partial charge in [0, 0.05) is 11.6 Å². The number of carbonyl (C=O) groups excluding carboxylic acids is 1. The van der Waals surface area contributed by atoms with Crippen LogP contribution in [0.25, 0.3) is 0 Å². The number of amides is 1. The van der Waals surface area contributed by atoms with Crippen LogP contribution in [0.1, 0.15) is 10.4 Å². The molecule has 0 bridgehead atoms. The Labute approximate surface area is 137 Å². The van der Waals surface area contributed by atoms with Crippen molar-refractivity contribution < 1.29 is 23.9 Å². The summed E-state index contributed by atoms with van der Waals surface area (Å²) in [6, 6.07) is 8.83. The van der Waals surface area contributed by atoms with E-state index in [-0.39, 0.29) is 17.3 Å². The first kappa shape index (κ1) is 15.6. The zero-order valence-corrected chi connectivity index (χ0v) is 12.8. The molecule has 1 heterocycles. The fourth-order valence-corrected chi connectivity index (χ4v) is 2.28. The van der Waals surface area contributed by atoms with Crippen molar-refractivity contribution in [2.45, 2.75) is 0 Å². The minimum Gasteiger partial charge on any atom is -0.494 e. The average Bonchev–Trinajstić information content (AvgIpc) is 2.61. The lowest BCUT2D eigenvalue weighted by Gasteiger charge is -2.18. The van der Waals surface area contributed by atoms with Gasteiger partial charge < -0.3 is 19.5 Å². The number of nitro groups is 1. The van der Waals surface area contributed by atoms with Gasteiger partial charge in [-0.25, -0.2) is 0 Å². The van der Waals surface area contributed by atoms with Crippen molar-refractivity contribution in [1.29, 1.82) is 0 Å². The smallest absolute Gasteiger partial charge is 0.273 e. The van der Waals surface area contributed by atoms with E-state index in [9.17, 15) is 14.9 Å². The predicted octanol–water partition coefficient (Wildman–Crippen LogP) is 2.63. The minimum absolute atomic E-state index is 0.121. The number of methoxy groups -OCH3 is 1. The van der Waals surface area contributed by atoms with Gasteiger partial charge in [0.2, 0.25) is 0 Å². The number of hydrogen-bond acceptors (Lipinski definition) is 6. The Morgan fingerprint density at radius 2 is 1.92 bits per heavy atom. The number of nitro benzene ring substituents is 1. The van der Waals surface area contributed by atoms with Gasteiger partial charge in [-0.2, -0.15) is 0 Å². The molecule has 0 spiro atoms. The summed E-state index contributed by atoms with van der Waals surface area (Å²) in [4.78, 5) is 22.7. The van der Waals surface area contributed by atoms with Crippen molar-refractivity contribution in [3.8, 4) is 17.2 Å². The van der Waals surface area contributed by atoms with Crippen molar-refractivity contribution in [2.24, 2.45) is 0 Å². The molecule has 0 saturated heterocycles. The fraction of sp³-hybridized carbons (Fsp3) is 0.188. The summed E-state index contributed by atoms with van der Waals surface area (Å²) in [6.45, 7) is 0.896. The third kappa shape index (κ3) is 3.07. The second kappa shape index (κ2) is 6.45. The number of hydrogen-bond donors (Lipinski definition) is 1. The number of ether oxygens (including phenoxy) is 3. The van der Waals surface area contributed by atoms with Crippen molar-refractivity contribution in [3.05, 3.63) is 52.1 Å². The maximum absolute atomic E-state index is 12.4. The first-order chi connectivity index (χ1) is 11.6. The van der Waals surface area contributed by atoms with Crippen LogP contribution in [0.3, 0.4) is 0 Å². The number of benzene rings is 2. The maximum atomic E-state index is 12.4. The molecule has 8 heteroatoms. The Kier molecular flexibility index (Phi) is 4.19. The lowest BCUT2D eigenvalue weighted by atomic mass is 10.1. The molecule has 0 aliphatic carbocycles. The third-order valence-electron chi connectivity index (χ3n) is 3.45. The van der Waals surface area contributed by atoms with Crippen LogP contribution in [-0.2, 0) is 0 Å². The van der Waals surface area contributed by atoms with Gasteiger partial charge in [0.05, 0.1) is 23.8 Å². The number of nitrogens with zero attached hydrogens (tertiary/aromatic N) is 1. The predicted molar refractivity (Wildman–Crippen MR) is 85.0 cm³/mol. The van der Waals surface area contributed by atoms with Crippen LogP contribution in [0.4, 0.5) is 11.4 Å². The molecule has 1 aliphatic rings. The van der Waals surface area contributed by atoms with E-state index in [2.05, 4.69) is 5.32 Å². The van der Waals surface area contributed by atoms with Gasteiger partial charge in [0.25, 0.3) is 11.6 Å². The summed E-state index contributed by atoms with van der Waals surface area (Å²) >= 11 is 0. The van der Waals surface area contributed by atoms with E-state index in [0.29, 0.717) is 36.0 Å². The second-order valence-electron chi connectivity index (χ2n) is 4.95. The van der Waals surface area contributed by atoms with Gasteiger partial charge in [-0.1, -0.05) is 0 Å². The Balaban J connectivity index is 1.83. The number of fused-ring (bicyclic) bond motifs is 1. The number of nitrogens with one attached hydrogen (secondary N) is 1. The monoisotopic (exact) mass is 330 g/mol. The molecule has 0 saturated carbocycles. The molecule has 0 unspecified atom stereocenters. The van der Waals surface area contributed by atoms with E-state index < -0.39 is 4.92 Å². The van der Waals surface area contributed by atoms with E-state index in [1.807, 2.05) is 0 Å². The van der Waals surface area contributed by atoms with Crippen molar-refractivity contribution in [2.75, 3.05) is 25.6 Å². The van der Waals surface area contributed by atoms with Crippen LogP contribution in [0.15, 0.2) is 36.4 Å². The molecular weight excluding hydrogens is 316 g/mol. The number of rotatable bonds is 4. The standard InChI is InChI=1S/C16H14N2O6/c1-22-14-9-11(18(20)21)3-4-12(14)17-16(19)10-2-5-13-15(8-10)24-7-6-23-13/h2-5,8-9H,6-7H2,1H3,(H,17,19). The highest BCUT2D eigenvalue weighted by atomic mass is 16.6. The topological polar surface area (TPSA) is 99.9 Å². The van der Waals surface area contributed by atoms with Gasteiger partial charge in [0.15, 0.2) is 11.5 Å². The summed E-state index contributed by atoms with van der Waals surface area (Å²) in [6.07, 6.45) is 0. The van der Waals surface area contributed by atoms with Crippen LogP contribution >= 0.6 is 0 Å². The van der Waals surface area contributed by atoms with Crippen LogP contribution in [-0.4, -0.2) is 31.2 Å². The molecular formula is C16H14N2O6. The second-order valence-corrected chi connectivity index (χ2v) is 4.95. The molecule has 124 valence electrons. The first-order valence-corrected chi connectivity index (χ1v) is 7.12. The lowest BCUT2D eigenvalue weighted by molar-refractivity contribution is -0.384. The maximum Gasteiger partial charge on any atom is 0.273 e. The molecule has 0 aromatic heterocycles. The summed E-state index contributed by atoms with van der Waals surface area (Å²) in [5.74, 6) is 0.907. The summed E-state index contributed by atoms with van der Waals surface area (Å²) in [7, 11) is 1.37. The van der Waals surface area contributed by atoms with Crippen molar-refractivity contribution in [1.82, 2.24) is 0 Å². The van der Waals surface area contributed by atoms with Gasteiger partial charge in [-0.15, -0.1) is 0 Å². The summed E-state index contributed by atoms with van der Waals surface area (Å²) in [5.41, 5.74) is 0.590. The molecule has 2 aromatic carbocycles. The number of anilines is 1. The molecule has 2 aromatic rings. The zero-order valence-electron chi connectivity index (χ0n) is 12.8. The van der Waals surface area contributed by atoms with Crippen LogP contribution < -0.4 is 19.5 Å². The fourth-order valence-electron chi connectivity index (χ4n) is 2.28. The highest BCUT2D eigenvalue weighted by molar-refractivity contribution is 6.05. The van der Waals surface area contributed by atoms with Crippen LogP contribution in [0.5, 0.6) is 17.2 Å². The quantitative estimate of drug-likeness (QED) is 0.683. The number of non-ortho nitro benzene ring substituents is 1. The lowest BCUT2D eigenvalue weighted by Crippen LogP contribution is -2.17. The summed E-state index contributed by atoms with van der Waals surface area (Å²) in [5, 5.41) is 13.5. The SMILES string of the molecule is COc1cc([N+](=O)[O-])ccc1NC(=O)c1ccc2c(c1)OCCO2. The molecule has 8 nitrogen and oxygen atoms in total. The third-order valence-corrected chi connectivity index (χ3v) is 3.45. The minimum atomic E-state index is -0.533. The largest absolute Gasteiger partial charge is 0.494 e. The molecule has 1 N–H and O–H groups in total. The molecule has 0 atom stereocenters. The Bertz CT molecular complexity index is 805. The van der Waals surface area contributed by atoms with E-state index in [1.54, 1.807) is 18.2 Å². The molecule has 0 radical (unpaired) electrons. The van der Waals surface area contributed by atoms with E-state index in [0.717, 1.165) is 0 Å². The number of carbonyl (C=O) groups is 1. The Morgan fingerprint density at radius 1 is 1.17 bits per heavy atom. The van der Waals surface area contributed by atoms with Gasteiger partial charge in [0.1, 0.15) is 19.0 Å². The Hall–Kier alpha value is -3.29. The van der Waals surface area contributed by atoms with E-state index in [4.69, 9.17) is 14.2 Å². The highest BCUT2D eigenvalue weighted by Crippen LogP contribution is 2.32. The van der Waals surface area contributed by atoms with Gasteiger partial charge in [-0.05, 0) is 24.3 Å². The van der Waals surface area contributed by atoms with Gasteiger partial charge >= 0.3 is 0 Å². The molecule has 0 fully saturated rings. The molecule has 3 rings (SSSR count). The van der Waals surface area contributed by atoms with Crippen molar-refractivity contribution >= 4 is 17.3 Å². The molecule has 1 aliphatic heterocycles. The Morgan fingerprint density at radius 3 is 2.62 bits per heavy atom. The van der Waals surface area contributed by atoms with E-state index >= 15 is 0 Å². The van der Waals surface area contributed by atoms with Crippen LogP contribution in [0.2, 0.25) is 0 Å². The van der Waals surface area contributed by atoms with E-state index in [1.165, 1.54) is 25.3 Å². The van der Waals surface area contributed by atoms with Crippen molar-refractivity contribution in [3.63, 3.8) is 0 Å². The average molecular weight is 330 g/mol. The normalized spacial score (nSPS) is 12.4. The summed E-state index contributed by atoms with van der Waals surface area (Å²) < 4.78 is 16.0. The van der Waals surface area contributed by atoms with Gasteiger partial charge in [-0.3, -0.25) is 14.9 Å². The molecule has 24 heavy (non-hydrogen) atoms. The highest BCUT2D eigenvalue weighted by Gasteiger charge is 2.17. The molecule has 1 amide bonds. The zero-order chi connectivity index (χ0) is 17.1. The van der Waals surface area contributed by atoms with Crippen LogP contribution in [0, 0.1) is 10.1 Å². The first-order valence-electron chi connectivity index (χ1n) is 7.12.